The van der Waals surface area contributed by atoms with Gasteiger partial charge in [-0.05, 0) is 24.1 Å². The average molecular weight is 429 g/mol. The van der Waals surface area contributed by atoms with Gasteiger partial charge in [0.1, 0.15) is 0 Å². The highest BCUT2D eigenvalue weighted by Gasteiger charge is 2.36. The number of likely N-dealkylation sites (tertiary alicyclic amines) is 1. The standard InChI is InChI=1S/C20H20N6O3.ClH/c21-10-15-11-24(12-18(15)14-5-2-1-3-6-14)20(27)19-13-25(23-22-19)16-7-4-8-17(9-16)26(28)29;/h1-9,13,15,18H,10-12,21H2;1H/t15-,18+;/m1./s1. The lowest BCUT2D eigenvalue weighted by atomic mass is 9.89. The van der Waals surface area contributed by atoms with Gasteiger partial charge in [0.25, 0.3) is 11.6 Å². The second-order valence-corrected chi connectivity index (χ2v) is 7.05. The van der Waals surface area contributed by atoms with Crippen LogP contribution in [0.4, 0.5) is 5.69 Å². The molecular weight excluding hydrogens is 408 g/mol. The van der Waals surface area contributed by atoms with E-state index < -0.39 is 4.92 Å². The molecule has 2 aromatic carbocycles. The van der Waals surface area contributed by atoms with Gasteiger partial charge in [0, 0.05) is 31.1 Å². The molecule has 0 radical (unpaired) electrons. The Morgan fingerprint density at radius 1 is 1.17 bits per heavy atom. The van der Waals surface area contributed by atoms with Gasteiger partial charge in [0.05, 0.1) is 16.8 Å². The molecule has 156 valence electrons. The van der Waals surface area contributed by atoms with Crippen LogP contribution in [0.2, 0.25) is 0 Å². The van der Waals surface area contributed by atoms with E-state index in [1.54, 1.807) is 17.0 Å². The number of nitrogens with zero attached hydrogens (tertiary/aromatic N) is 5. The lowest BCUT2D eigenvalue weighted by molar-refractivity contribution is -0.384. The van der Waals surface area contributed by atoms with Gasteiger partial charge in [-0.2, -0.15) is 0 Å². The third-order valence-corrected chi connectivity index (χ3v) is 5.28. The lowest BCUT2D eigenvalue weighted by Gasteiger charge is -2.16. The first-order valence-electron chi connectivity index (χ1n) is 9.28. The number of amides is 1. The molecule has 0 saturated carbocycles. The molecule has 3 aromatic rings. The summed E-state index contributed by atoms with van der Waals surface area (Å²) in [6, 6.07) is 16.1. The zero-order valence-corrected chi connectivity index (χ0v) is 16.8. The van der Waals surface area contributed by atoms with Gasteiger partial charge in [0.2, 0.25) is 0 Å². The van der Waals surface area contributed by atoms with Crippen molar-refractivity contribution in [3.05, 3.63) is 82.2 Å². The number of hydrogen-bond donors (Lipinski definition) is 1. The topological polar surface area (TPSA) is 120 Å². The molecule has 10 heteroatoms. The van der Waals surface area contributed by atoms with Crippen LogP contribution in [0.15, 0.2) is 60.8 Å². The summed E-state index contributed by atoms with van der Waals surface area (Å²) < 4.78 is 1.37. The molecular formula is C20H21ClN6O3. The van der Waals surface area contributed by atoms with E-state index in [4.69, 9.17) is 5.73 Å². The summed E-state index contributed by atoms with van der Waals surface area (Å²) >= 11 is 0. The Morgan fingerprint density at radius 2 is 1.93 bits per heavy atom. The summed E-state index contributed by atoms with van der Waals surface area (Å²) in [6.45, 7) is 1.61. The van der Waals surface area contributed by atoms with E-state index in [0.717, 1.165) is 0 Å². The number of aromatic nitrogens is 3. The summed E-state index contributed by atoms with van der Waals surface area (Å²) in [5.74, 6) is 0.128. The molecule has 1 aliphatic rings. The van der Waals surface area contributed by atoms with Gasteiger partial charge in [-0.15, -0.1) is 17.5 Å². The summed E-state index contributed by atoms with van der Waals surface area (Å²) in [7, 11) is 0. The number of benzene rings is 2. The summed E-state index contributed by atoms with van der Waals surface area (Å²) in [5, 5.41) is 18.9. The molecule has 9 nitrogen and oxygen atoms in total. The molecule has 1 fully saturated rings. The quantitative estimate of drug-likeness (QED) is 0.492. The lowest BCUT2D eigenvalue weighted by Crippen LogP contribution is -2.30. The maximum absolute atomic E-state index is 13.0. The Labute approximate surface area is 179 Å². The Kier molecular flexibility index (Phi) is 6.43. The minimum atomic E-state index is -0.479. The monoisotopic (exact) mass is 428 g/mol. The summed E-state index contributed by atoms with van der Waals surface area (Å²) in [6.07, 6.45) is 1.49. The fraction of sp³-hybridized carbons (Fsp3) is 0.250. The average Bonchev–Trinajstić information content (AvgIpc) is 3.41. The van der Waals surface area contributed by atoms with Crippen molar-refractivity contribution >= 4 is 24.0 Å². The van der Waals surface area contributed by atoms with Crippen molar-refractivity contribution in [1.29, 1.82) is 0 Å². The molecule has 4 rings (SSSR count). The summed E-state index contributed by atoms with van der Waals surface area (Å²) in [4.78, 5) is 25.2. The van der Waals surface area contributed by atoms with Crippen LogP contribution in [0.1, 0.15) is 22.0 Å². The maximum atomic E-state index is 13.0. The van der Waals surface area contributed by atoms with E-state index in [-0.39, 0.29) is 41.5 Å². The molecule has 2 atom stereocenters. The Morgan fingerprint density at radius 3 is 2.63 bits per heavy atom. The van der Waals surface area contributed by atoms with Crippen LogP contribution in [0.5, 0.6) is 0 Å². The minimum Gasteiger partial charge on any atom is -0.336 e. The first-order chi connectivity index (χ1) is 14.1. The maximum Gasteiger partial charge on any atom is 0.276 e. The largest absolute Gasteiger partial charge is 0.336 e. The third kappa shape index (κ3) is 4.17. The molecule has 1 aromatic heterocycles. The second kappa shape index (κ2) is 9.02. The highest BCUT2D eigenvalue weighted by atomic mass is 35.5. The molecule has 0 aliphatic carbocycles. The van der Waals surface area contributed by atoms with Crippen LogP contribution in [0, 0.1) is 16.0 Å². The van der Waals surface area contributed by atoms with Gasteiger partial charge in [-0.3, -0.25) is 14.9 Å². The number of rotatable bonds is 5. The zero-order chi connectivity index (χ0) is 20.4. The van der Waals surface area contributed by atoms with Crippen LogP contribution in [-0.2, 0) is 0 Å². The molecule has 0 bridgehead atoms. The fourth-order valence-corrected chi connectivity index (χ4v) is 3.75. The molecule has 2 N–H and O–H groups in total. The zero-order valence-electron chi connectivity index (χ0n) is 16.0. The molecule has 0 unspecified atom stereocenters. The van der Waals surface area contributed by atoms with Crippen molar-refractivity contribution in [3.63, 3.8) is 0 Å². The van der Waals surface area contributed by atoms with E-state index in [1.165, 1.54) is 28.6 Å². The Bertz CT molecular complexity index is 1040. The predicted molar refractivity (Wildman–Crippen MR) is 113 cm³/mol. The van der Waals surface area contributed by atoms with Crippen molar-refractivity contribution < 1.29 is 9.72 Å². The van der Waals surface area contributed by atoms with Crippen molar-refractivity contribution in [2.24, 2.45) is 11.7 Å². The van der Waals surface area contributed by atoms with Gasteiger partial charge < -0.3 is 10.6 Å². The normalized spacial score (nSPS) is 18.1. The molecule has 1 saturated heterocycles. The van der Waals surface area contributed by atoms with Crippen LogP contribution in [-0.4, -0.2) is 50.4 Å². The molecule has 1 amide bonds. The highest BCUT2D eigenvalue weighted by Crippen LogP contribution is 2.32. The van der Waals surface area contributed by atoms with Gasteiger partial charge in [-0.1, -0.05) is 41.6 Å². The molecule has 30 heavy (non-hydrogen) atoms. The first-order valence-corrected chi connectivity index (χ1v) is 9.28. The predicted octanol–water partition coefficient (Wildman–Crippen LogP) is 2.41. The van der Waals surface area contributed by atoms with Gasteiger partial charge >= 0.3 is 0 Å². The first kappa shape index (κ1) is 21.4. The fourth-order valence-electron chi connectivity index (χ4n) is 3.75. The number of nitro groups is 1. The van der Waals surface area contributed by atoms with E-state index in [9.17, 15) is 14.9 Å². The van der Waals surface area contributed by atoms with E-state index in [2.05, 4.69) is 22.4 Å². The SMILES string of the molecule is Cl.NC[C@@H]1CN(C(=O)c2cn(-c3cccc([N+](=O)[O-])c3)nn2)C[C@H]1c1ccccc1. The highest BCUT2D eigenvalue weighted by molar-refractivity contribution is 5.92. The van der Waals surface area contributed by atoms with Crippen LogP contribution in [0.25, 0.3) is 5.69 Å². The number of carbonyl (C=O) groups excluding carboxylic acids is 1. The number of non-ortho nitro benzene ring substituents is 1. The van der Waals surface area contributed by atoms with Crippen LogP contribution >= 0.6 is 12.4 Å². The van der Waals surface area contributed by atoms with Crippen LogP contribution < -0.4 is 5.73 Å². The third-order valence-electron chi connectivity index (χ3n) is 5.28. The summed E-state index contributed by atoms with van der Waals surface area (Å²) in [5.41, 5.74) is 7.73. The number of carbonyl (C=O) groups is 1. The molecule has 0 spiro atoms. The van der Waals surface area contributed by atoms with Crippen LogP contribution in [0.3, 0.4) is 0 Å². The van der Waals surface area contributed by atoms with E-state index in [0.29, 0.717) is 25.3 Å². The van der Waals surface area contributed by atoms with E-state index >= 15 is 0 Å². The number of halogens is 1. The Hall–Kier alpha value is -3.30. The number of nitrogens with two attached hydrogens (primary N) is 1. The van der Waals surface area contributed by atoms with Crippen molar-refractivity contribution in [1.82, 2.24) is 19.9 Å². The van der Waals surface area contributed by atoms with Crippen molar-refractivity contribution in [3.8, 4) is 5.69 Å². The molecule has 2 heterocycles. The van der Waals surface area contributed by atoms with Crippen molar-refractivity contribution in [2.45, 2.75) is 5.92 Å². The molecule has 1 aliphatic heterocycles. The van der Waals surface area contributed by atoms with E-state index in [1.807, 2.05) is 18.2 Å². The number of hydrogen-bond acceptors (Lipinski definition) is 6. The minimum absolute atomic E-state index is 0. The van der Waals surface area contributed by atoms with Gasteiger partial charge in [-0.25, -0.2) is 4.68 Å². The second-order valence-electron chi connectivity index (χ2n) is 7.05. The Balaban J connectivity index is 0.00000256. The van der Waals surface area contributed by atoms with Crippen molar-refractivity contribution in [2.75, 3.05) is 19.6 Å². The smallest absolute Gasteiger partial charge is 0.276 e. The number of nitro benzene ring substituents is 1. The van der Waals surface area contributed by atoms with Gasteiger partial charge in [0.15, 0.2) is 5.69 Å².